The number of hydrogen-bond acceptors (Lipinski definition) is 6. The molecule has 0 bridgehead atoms. The van der Waals surface area contributed by atoms with Gasteiger partial charge >= 0.3 is 0 Å². The normalized spacial score (nSPS) is 17.6. The number of carbonyl (C=O) groups excluding carboxylic acids is 2. The van der Waals surface area contributed by atoms with Gasteiger partial charge in [0.15, 0.2) is 11.6 Å². The fourth-order valence-electron chi connectivity index (χ4n) is 5.59. The number of benzene rings is 4. The molecule has 0 aliphatic carbocycles. The molecule has 2 atom stereocenters. The van der Waals surface area contributed by atoms with E-state index in [2.05, 4.69) is 21.3 Å². The van der Waals surface area contributed by atoms with Crippen molar-refractivity contribution in [2.24, 2.45) is 0 Å². The van der Waals surface area contributed by atoms with Gasteiger partial charge < -0.3 is 30.7 Å². The predicted octanol–water partition coefficient (Wildman–Crippen LogP) is 5.99. The number of carbonyl (C=O) groups is 2. The van der Waals surface area contributed by atoms with E-state index in [-0.39, 0.29) is 24.0 Å². The smallest absolute Gasteiger partial charge is 0.255 e. The maximum absolute atomic E-state index is 14.2. The lowest BCUT2D eigenvalue weighted by Crippen LogP contribution is -2.20. The Hall–Kier alpha value is -4.80. The van der Waals surface area contributed by atoms with E-state index < -0.39 is 11.6 Å². The van der Waals surface area contributed by atoms with Crippen LogP contribution in [0.5, 0.6) is 11.5 Å². The van der Waals surface area contributed by atoms with Gasteiger partial charge in [0.1, 0.15) is 23.7 Å². The molecule has 2 saturated heterocycles. The van der Waals surface area contributed by atoms with E-state index in [0.29, 0.717) is 46.1 Å². The van der Waals surface area contributed by atoms with Crippen LogP contribution in [0.1, 0.15) is 30.1 Å². The highest BCUT2D eigenvalue weighted by molar-refractivity contribution is 6.05. The van der Waals surface area contributed by atoms with Crippen molar-refractivity contribution in [3.63, 3.8) is 0 Å². The molecule has 0 radical (unpaired) electrons. The van der Waals surface area contributed by atoms with E-state index in [1.165, 1.54) is 13.0 Å². The van der Waals surface area contributed by atoms with Gasteiger partial charge in [-0.1, -0.05) is 18.2 Å². The number of hydrogen-bond donors (Lipinski definition) is 4. The summed E-state index contributed by atoms with van der Waals surface area (Å²) in [7, 11) is 0. The first-order valence-corrected chi connectivity index (χ1v) is 15.0. The molecular formula is C35H34F2N4O4. The molecule has 45 heavy (non-hydrogen) atoms. The quantitative estimate of drug-likeness (QED) is 0.185. The minimum absolute atomic E-state index is 0.0122. The number of halogens is 2. The first-order chi connectivity index (χ1) is 21.8. The number of ether oxygens (including phenoxy) is 2. The molecule has 4 aromatic rings. The number of nitrogens with one attached hydrogen (secondary N) is 4. The van der Waals surface area contributed by atoms with Crippen molar-refractivity contribution in [3.05, 3.63) is 96.1 Å². The Kier molecular flexibility index (Phi) is 9.04. The number of amides is 2. The Morgan fingerprint density at radius 1 is 0.711 bits per heavy atom. The zero-order valence-electron chi connectivity index (χ0n) is 24.8. The highest BCUT2D eigenvalue weighted by atomic mass is 19.2. The summed E-state index contributed by atoms with van der Waals surface area (Å²) in [5.41, 5.74) is 3.93. The molecule has 2 amide bonds. The van der Waals surface area contributed by atoms with E-state index in [0.717, 1.165) is 55.7 Å². The lowest BCUT2D eigenvalue weighted by atomic mass is 10.0. The highest BCUT2D eigenvalue weighted by Gasteiger charge is 2.22. The zero-order chi connectivity index (χ0) is 31.3. The molecule has 0 spiro atoms. The molecule has 4 aromatic carbocycles. The molecule has 4 N–H and O–H groups in total. The van der Waals surface area contributed by atoms with Crippen molar-refractivity contribution >= 4 is 23.2 Å². The van der Waals surface area contributed by atoms with Crippen LogP contribution < -0.4 is 30.7 Å². The molecule has 10 heteroatoms. The van der Waals surface area contributed by atoms with Crippen molar-refractivity contribution < 1.29 is 27.8 Å². The van der Waals surface area contributed by atoms with Crippen molar-refractivity contribution in [2.75, 3.05) is 36.8 Å². The largest absolute Gasteiger partial charge is 0.488 e. The maximum atomic E-state index is 14.2. The average Bonchev–Trinajstić information content (AvgIpc) is 3.74. The molecule has 8 nitrogen and oxygen atoms in total. The van der Waals surface area contributed by atoms with Gasteiger partial charge in [-0.15, -0.1) is 0 Å². The standard InChI is InChI=1S/C35H34F2N4O4/c1-21(42)40-25-4-2-3-22(15-25)30-18-26(7-10-34(30)45-28-12-14-39-20-28)41-35(43)24-6-9-33(44-27-11-13-38-19-27)29(16-24)23-5-8-31(36)32(37)17-23/h2-10,15-18,27-28,38-39H,11-14,19-20H2,1H3,(H,40,42)(H,41,43)/t27-,28+/m0/s1. The second-order valence-corrected chi connectivity index (χ2v) is 11.2. The third kappa shape index (κ3) is 7.30. The van der Waals surface area contributed by atoms with Crippen LogP contribution in [0.4, 0.5) is 20.2 Å². The SMILES string of the molecule is CC(=O)Nc1cccc(-c2cc(NC(=O)c3ccc(O[C@H]4CCNC4)c(-c4ccc(F)c(F)c4)c3)ccc2O[C@@H]2CCNC2)c1. The molecule has 2 fully saturated rings. The second kappa shape index (κ2) is 13.5. The molecule has 0 saturated carbocycles. The van der Waals surface area contributed by atoms with Gasteiger partial charge in [-0.25, -0.2) is 8.78 Å². The van der Waals surface area contributed by atoms with Crippen LogP contribution in [-0.4, -0.2) is 50.2 Å². The third-order valence-electron chi connectivity index (χ3n) is 7.82. The van der Waals surface area contributed by atoms with Gasteiger partial charge in [0.25, 0.3) is 5.91 Å². The molecule has 6 rings (SSSR count). The van der Waals surface area contributed by atoms with E-state index in [9.17, 15) is 18.4 Å². The van der Waals surface area contributed by atoms with E-state index >= 15 is 0 Å². The van der Waals surface area contributed by atoms with Crippen LogP contribution in [-0.2, 0) is 4.79 Å². The van der Waals surface area contributed by atoms with Crippen LogP contribution in [0.3, 0.4) is 0 Å². The molecule has 2 aliphatic rings. The summed E-state index contributed by atoms with van der Waals surface area (Å²) in [6, 6.07) is 21.5. The van der Waals surface area contributed by atoms with Gasteiger partial charge in [0, 0.05) is 48.1 Å². The van der Waals surface area contributed by atoms with Crippen molar-refractivity contribution in [1.29, 1.82) is 0 Å². The average molecular weight is 613 g/mol. The summed E-state index contributed by atoms with van der Waals surface area (Å²) in [5, 5.41) is 12.3. The first kappa shape index (κ1) is 30.2. The first-order valence-electron chi connectivity index (χ1n) is 15.0. The summed E-state index contributed by atoms with van der Waals surface area (Å²) in [5.74, 6) is -1.37. The zero-order valence-corrected chi connectivity index (χ0v) is 24.8. The fourth-order valence-corrected chi connectivity index (χ4v) is 5.59. The maximum Gasteiger partial charge on any atom is 0.255 e. The van der Waals surface area contributed by atoms with Gasteiger partial charge in [-0.3, -0.25) is 9.59 Å². The summed E-state index contributed by atoms with van der Waals surface area (Å²) < 4.78 is 40.5. The molecule has 232 valence electrons. The van der Waals surface area contributed by atoms with Gasteiger partial charge in [-0.05, 0) is 97.7 Å². The molecule has 0 aromatic heterocycles. The summed E-state index contributed by atoms with van der Waals surface area (Å²) >= 11 is 0. The van der Waals surface area contributed by atoms with Crippen LogP contribution >= 0.6 is 0 Å². The van der Waals surface area contributed by atoms with Crippen LogP contribution in [0, 0.1) is 11.6 Å². The third-order valence-corrected chi connectivity index (χ3v) is 7.82. The van der Waals surface area contributed by atoms with E-state index in [1.807, 2.05) is 30.3 Å². The Labute approximate surface area is 260 Å². The summed E-state index contributed by atoms with van der Waals surface area (Å²) in [6.07, 6.45) is 1.63. The molecule has 2 aliphatic heterocycles. The molecule has 2 heterocycles. The Bertz CT molecular complexity index is 1720. The minimum Gasteiger partial charge on any atom is -0.488 e. The Morgan fingerprint density at radius 2 is 1.36 bits per heavy atom. The van der Waals surface area contributed by atoms with Crippen LogP contribution in [0.25, 0.3) is 22.3 Å². The van der Waals surface area contributed by atoms with E-state index in [4.69, 9.17) is 9.47 Å². The number of anilines is 2. The topological polar surface area (TPSA) is 101 Å². The second-order valence-electron chi connectivity index (χ2n) is 11.2. The lowest BCUT2D eigenvalue weighted by molar-refractivity contribution is -0.114. The lowest BCUT2D eigenvalue weighted by Gasteiger charge is -2.19. The Balaban J connectivity index is 1.31. The van der Waals surface area contributed by atoms with Gasteiger partial charge in [0.05, 0.1) is 0 Å². The van der Waals surface area contributed by atoms with Crippen molar-refractivity contribution in [2.45, 2.75) is 32.0 Å². The monoisotopic (exact) mass is 612 g/mol. The fraction of sp³-hybridized carbons (Fsp3) is 0.257. The van der Waals surface area contributed by atoms with Gasteiger partial charge in [0.2, 0.25) is 5.91 Å². The van der Waals surface area contributed by atoms with Crippen LogP contribution in [0.2, 0.25) is 0 Å². The Morgan fingerprint density at radius 3 is 2.00 bits per heavy atom. The molecule has 0 unspecified atom stereocenters. The summed E-state index contributed by atoms with van der Waals surface area (Å²) in [4.78, 5) is 25.3. The summed E-state index contributed by atoms with van der Waals surface area (Å²) in [6.45, 7) is 4.56. The van der Waals surface area contributed by atoms with Crippen molar-refractivity contribution in [3.8, 4) is 33.8 Å². The predicted molar refractivity (Wildman–Crippen MR) is 170 cm³/mol. The number of rotatable bonds is 9. The van der Waals surface area contributed by atoms with Crippen LogP contribution in [0.15, 0.2) is 78.9 Å². The minimum atomic E-state index is -0.985. The molecular weight excluding hydrogens is 578 g/mol. The van der Waals surface area contributed by atoms with Gasteiger partial charge in [-0.2, -0.15) is 0 Å². The highest BCUT2D eigenvalue weighted by Crippen LogP contribution is 2.36. The van der Waals surface area contributed by atoms with Crippen molar-refractivity contribution in [1.82, 2.24) is 10.6 Å². The van der Waals surface area contributed by atoms with E-state index in [1.54, 1.807) is 30.3 Å².